The summed E-state index contributed by atoms with van der Waals surface area (Å²) in [5.41, 5.74) is 0. The lowest BCUT2D eigenvalue weighted by Gasteiger charge is -2.15. The number of rotatable bonds is 4. The van der Waals surface area contributed by atoms with Gasteiger partial charge in [-0.2, -0.15) is 0 Å². The van der Waals surface area contributed by atoms with E-state index in [2.05, 4.69) is 11.9 Å². The first-order valence-electron chi connectivity index (χ1n) is 3.33. The van der Waals surface area contributed by atoms with Crippen LogP contribution in [0.25, 0.3) is 0 Å². The second-order valence-corrected chi connectivity index (χ2v) is 2.27. The summed E-state index contributed by atoms with van der Waals surface area (Å²) in [6.07, 6.45) is -0.190. The van der Waals surface area contributed by atoms with Gasteiger partial charge in [0.2, 0.25) is 5.91 Å². The second-order valence-electron chi connectivity index (χ2n) is 2.27. The Balaban J connectivity index is 0. The van der Waals surface area contributed by atoms with Gasteiger partial charge < -0.3 is 15.5 Å². The molecule has 2 unspecified atom stereocenters. The lowest BCUT2D eigenvalue weighted by atomic mass is 10.2. The number of hydrogen-bond acceptors (Lipinski definition) is 3. The number of nitrogens with one attached hydrogen (secondary N) is 1. The van der Waals surface area contributed by atoms with E-state index < -0.39 is 24.0 Å². The molecule has 6 heteroatoms. The van der Waals surface area contributed by atoms with Crippen molar-refractivity contribution < 1.29 is 19.8 Å². The maximum Gasteiger partial charge on any atom is 0.328 e. The third-order valence-corrected chi connectivity index (χ3v) is 1.23. The largest absolute Gasteiger partial charge is 0.480 e. The molecule has 0 aromatic heterocycles. The summed E-state index contributed by atoms with van der Waals surface area (Å²) in [5, 5.41) is 19.4. The predicted octanol–water partition coefficient (Wildman–Crippen LogP) is -0.456. The van der Waals surface area contributed by atoms with Crippen LogP contribution in [0.2, 0.25) is 0 Å². The van der Waals surface area contributed by atoms with Crippen molar-refractivity contribution in [3.05, 3.63) is 12.7 Å². The molecule has 0 aromatic rings. The van der Waals surface area contributed by atoms with Gasteiger partial charge in [-0.3, -0.25) is 4.79 Å². The van der Waals surface area contributed by atoms with Crippen molar-refractivity contribution in [3.8, 4) is 0 Å². The van der Waals surface area contributed by atoms with Gasteiger partial charge in [-0.05, 0) is 13.0 Å². The average molecular weight is 210 g/mol. The summed E-state index contributed by atoms with van der Waals surface area (Å²) in [7, 11) is 0. The van der Waals surface area contributed by atoms with Gasteiger partial charge in [-0.15, -0.1) is 12.4 Å². The van der Waals surface area contributed by atoms with E-state index >= 15 is 0 Å². The second kappa shape index (κ2) is 6.45. The third-order valence-electron chi connectivity index (χ3n) is 1.23. The lowest BCUT2D eigenvalue weighted by molar-refractivity contribution is -0.144. The highest BCUT2D eigenvalue weighted by molar-refractivity contribution is 5.90. The van der Waals surface area contributed by atoms with Gasteiger partial charge in [-0.1, -0.05) is 6.58 Å². The predicted molar refractivity (Wildman–Crippen MR) is 48.7 cm³/mol. The molecular formula is C7H12ClNO4. The summed E-state index contributed by atoms with van der Waals surface area (Å²) in [6, 6.07) is -1.28. The maximum atomic E-state index is 10.6. The fourth-order valence-corrected chi connectivity index (χ4v) is 0.601. The minimum atomic E-state index is -1.28. The number of carbonyl (C=O) groups excluding carboxylic acids is 1. The maximum absolute atomic E-state index is 10.6. The van der Waals surface area contributed by atoms with E-state index in [0.29, 0.717) is 0 Å². The van der Waals surface area contributed by atoms with E-state index in [1.54, 1.807) is 0 Å². The minimum Gasteiger partial charge on any atom is -0.480 e. The minimum absolute atomic E-state index is 0. The highest BCUT2D eigenvalue weighted by Gasteiger charge is 2.23. The van der Waals surface area contributed by atoms with Crippen LogP contribution in [0.1, 0.15) is 6.92 Å². The van der Waals surface area contributed by atoms with Crippen molar-refractivity contribution in [2.24, 2.45) is 0 Å². The van der Waals surface area contributed by atoms with Crippen LogP contribution in [0.5, 0.6) is 0 Å². The monoisotopic (exact) mass is 209 g/mol. The zero-order valence-electron chi connectivity index (χ0n) is 7.06. The van der Waals surface area contributed by atoms with Crippen LogP contribution in [-0.2, 0) is 9.59 Å². The van der Waals surface area contributed by atoms with Crippen molar-refractivity contribution >= 4 is 24.3 Å². The average Bonchev–Trinajstić information content (AvgIpc) is 1.98. The molecule has 76 valence electrons. The van der Waals surface area contributed by atoms with E-state index in [4.69, 9.17) is 10.2 Å². The number of aliphatic hydroxyl groups is 1. The molecule has 0 aliphatic heterocycles. The van der Waals surface area contributed by atoms with Crippen LogP contribution in [0.3, 0.4) is 0 Å². The molecule has 0 radical (unpaired) electrons. The quantitative estimate of drug-likeness (QED) is 0.547. The SMILES string of the molecule is C=CC(=O)NC(C(=O)O)C(C)O.Cl. The number of carboxylic acid groups (broad SMARTS) is 1. The number of aliphatic carboxylic acids is 1. The molecule has 3 N–H and O–H groups in total. The number of halogens is 1. The third kappa shape index (κ3) is 5.21. The normalized spacial score (nSPS) is 13.4. The molecule has 13 heavy (non-hydrogen) atoms. The fraction of sp³-hybridized carbons (Fsp3) is 0.429. The summed E-state index contributed by atoms with van der Waals surface area (Å²) in [5.74, 6) is -1.90. The van der Waals surface area contributed by atoms with Gasteiger partial charge in [-0.25, -0.2) is 4.79 Å². The topological polar surface area (TPSA) is 86.6 Å². The van der Waals surface area contributed by atoms with Crippen molar-refractivity contribution in [2.75, 3.05) is 0 Å². The Morgan fingerprint density at radius 3 is 2.23 bits per heavy atom. The molecule has 0 heterocycles. The van der Waals surface area contributed by atoms with E-state index in [1.807, 2.05) is 0 Å². The summed E-state index contributed by atoms with van der Waals surface area (Å²) >= 11 is 0. The molecule has 0 aliphatic rings. The van der Waals surface area contributed by atoms with Crippen LogP contribution in [-0.4, -0.2) is 34.2 Å². The molecular weight excluding hydrogens is 198 g/mol. The number of carbonyl (C=O) groups is 2. The van der Waals surface area contributed by atoms with Gasteiger partial charge in [0, 0.05) is 0 Å². The van der Waals surface area contributed by atoms with Crippen molar-refractivity contribution in [2.45, 2.75) is 19.1 Å². The van der Waals surface area contributed by atoms with E-state index in [-0.39, 0.29) is 12.4 Å². The van der Waals surface area contributed by atoms with Crippen LogP contribution in [0.4, 0.5) is 0 Å². The lowest BCUT2D eigenvalue weighted by Crippen LogP contribution is -2.47. The molecule has 5 nitrogen and oxygen atoms in total. The van der Waals surface area contributed by atoms with Gasteiger partial charge in [0.05, 0.1) is 6.10 Å². The molecule has 0 rings (SSSR count). The van der Waals surface area contributed by atoms with Crippen LogP contribution >= 0.6 is 12.4 Å². The van der Waals surface area contributed by atoms with Crippen LogP contribution < -0.4 is 5.32 Å². The first-order chi connectivity index (χ1) is 5.49. The Morgan fingerprint density at radius 1 is 1.54 bits per heavy atom. The Hall–Kier alpha value is -1.07. The van der Waals surface area contributed by atoms with Gasteiger partial charge in [0.15, 0.2) is 6.04 Å². The molecule has 0 aromatic carbocycles. The number of hydrogen-bond donors (Lipinski definition) is 3. The zero-order valence-corrected chi connectivity index (χ0v) is 7.87. The Kier molecular flexibility index (Phi) is 7.17. The molecule has 1 amide bonds. The van der Waals surface area contributed by atoms with Crippen molar-refractivity contribution in [1.82, 2.24) is 5.32 Å². The Bertz CT molecular complexity index is 205. The van der Waals surface area contributed by atoms with Gasteiger partial charge in [0.25, 0.3) is 0 Å². The van der Waals surface area contributed by atoms with Crippen molar-refractivity contribution in [1.29, 1.82) is 0 Å². The first kappa shape index (κ1) is 14.5. The molecule has 0 bridgehead atoms. The molecule has 2 atom stereocenters. The summed E-state index contributed by atoms with van der Waals surface area (Å²) < 4.78 is 0. The smallest absolute Gasteiger partial charge is 0.328 e. The Morgan fingerprint density at radius 2 is 2.00 bits per heavy atom. The van der Waals surface area contributed by atoms with E-state index in [9.17, 15) is 9.59 Å². The summed E-state index contributed by atoms with van der Waals surface area (Å²) in [6.45, 7) is 4.43. The van der Waals surface area contributed by atoms with Gasteiger partial charge >= 0.3 is 5.97 Å². The standard InChI is InChI=1S/C7H11NO4.ClH/c1-3-5(10)8-6(4(2)9)7(11)12;/h3-4,6,9H,1H2,2H3,(H,8,10)(H,11,12);1H. The molecule has 0 saturated heterocycles. The van der Waals surface area contributed by atoms with Crippen molar-refractivity contribution in [3.63, 3.8) is 0 Å². The molecule has 0 saturated carbocycles. The van der Waals surface area contributed by atoms with E-state index in [1.165, 1.54) is 6.92 Å². The summed E-state index contributed by atoms with van der Waals surface area (Å²) in [4.78, 5) is 21.0. The zero-order chi connectivity index (χ0) is 9.72. The van der Waals surface area contributed by atoms with Crippen LogP contribution in [0, 0.1) is 0 Å². The molecule has 0 aliphatic carbocycles. The Labute approximate surface area is 81.9 Å². The fourth-order valence-electron chi connectivity index (χ4n) is 0.601. The van der Waals surface area contributed by atoms with Crippen LogP contribution in [0.15, 0.2) is 12.7 Å². The number of aliphatic hydroxyl groups excluding tert-OH is 1. The first-order valence-corrected chi connectivity index (χ1v) is 3.33. The molecule has 0 fully saturated rings. The number of amides is 1. The van der Waals surface area contributed by atoms with Gasteiger partial charge in [0.1, 0.15) is 0 Å². The highest BCUT2D eigenvalue weighted by Crippen LogP contribution is 1.92. The molecule has 0 spiro atoms. The van der Waals surface area contributed by atoms with E-state index in [0.717, 1.165) is 6.08 Å². The highest BCUT2D eigenvalue weighted by atomic mass is 35.5. The number of carboxylic acids is 1.